The van der Waals surface area contributed by atoms with Crippen LogP contribution in [0.3, 0.4) is 0 Å². The van der Waals surface area contributed by atoms with E-state index in [1.54, 1.807) is 32.0 Å². The van der Waals surface area contributed by atoms with Crippen LogP contribution in [0.25, 0.3) is 10.2 Å². The van der Waals surface area contributed by atoms with Gasteiger partial charge in [0, 0.05) is 5.56 Å². The molecule has 1 atom stereocenters. The van der Waals surface area contributed by atoms with Crippen LogP contribution < -0.4 is 10.9 Å². The molecule has 1 aromatic carbocycles. The summed E-state index contributed by atoms with van der Waals surface area (Å²) >= 11 is 2.50. The lowest BCUT2D eigenvalue weighted by atomic mass is 9.97. The lowest BCUT2D eigenvalue weighted by Gasteiger charge is -2.15. The van der Waals surface area contributed by atoms with E-state index in [2.05, 4.69) is 20.3 Å². The molecule has 3 aromatic rings. The van der Waals surface area contributed by atoms with Crippen molar-refractivity contribution in [2.24, 2.45) is 0 Å². The number of thioether (sulfide) groups is 1. The molecule has 2 N–H and O–H groups in total. The Morgan fingerprint density at radius 1 is 1.29 bits per heavy atom. The first-order valence-corrected chi connectivity index (χ1v) is 11.8. The van der Waals surface area contributed by atoms with Crippen LogP contribution in [0.1, 0.15) is 48.3 Å². The SMILES string of the molecule is CCOC(=O)c1ccc2nc(NC(=O)C(C)Sc3nc4c(c(=O)[nH]3)CCCC4)sc2c1. The first kappa shape index (κ1) is 21.5. The Bertz CT molecular complexity index is 1200. The van der Waals surface area contributed by atoms with Gasteiger partial charge in [-0.3, -0.25) is 9.59 Å². The summed E-state index contributed by atoms with van der Waals surface area (Å²) in [5.41, 5.74) is 2.64. The fourth-order valence-corrected chi connectivity index (χ4v) is 5.11. The Balaban J connectivity index is 1.45. The third-order valence-electron chi connectivity index (χ3n) is 4.96. The number of H-pyrrole nitrogens is 1. The molecule has 1 aliphatic rings. The molecule has 0 saturated carbocycles. The highest BCUT2D eigenvalue weighted by Gasteiger charge is 2.21. The molecule has 31 heavy (non-hydrogen) atoms. The standard InChI is InChI=1S/C21H22N4O4S2/c1-3-29-19(28)12-8-9-15-16(10-12)31-21(23-15)24-17(26)11(2)30-20-22-14-7-5-4-6-13(14)18(27)25-20/h8-11H,3-7H2,1-2H3,(H,22,25,27)(H,23,24,26). The quantitative estimate of drug-likeness (QED) is 0.330. The molecule has 8 nitrogen and oxygen atoms in total. The zero-order chi connectivity index (χ0) is 22.0. The summed E-state index contributed by atoms with van der Waals surface area (Å²) in [6.07, 6.45) is 3.59. The van der Waals surface area contributed by atoms with Gasteiger partial charge in [-0.05, 0) is 57.7 Å². The Morgan fingerprint density at radius 3 is 2.90 bits per heavy atom. The predicted molar refractivity (Wildman–Crippen MR) is 121 cm³/mol. The van der Waals surface area contributed by atoms with Gasteiger partial charge in [-0.2, -0.15) is 0 Å². The average Bonchev–Trinajstić information content (AvgIpc) is 3.15. The van der Waals surface area contributed by atoms with Crippen LogP contribution in [-0.2, 0) is 22.4 Å². The van der Waals surface area contributed by atoms with Gasteiger partial charge in [-0.25, -0.2) is 14.8 Å². The zero-order valence-corrected chi connectivity index (χ0v) is 18.8. The van der Waals surface area contributed by atoms with Gasteiger partial charge < -0.3 is 15.0 Å². The number of nitrogens with zero attached hydrogens (tertiary/aromatic N) is 2. The number of ether oxygens (including phenoxy) is 1. The molecule has 1 unspecified atom stereocenters. The second kappa shape index (κ2) is 9.19. The summed E-state index contributed by atoms with van der Waals surface area (Å²) in [4.78, 5) is 48.6. The van der Waals surface area contributed by atoms with E-state index >= 15 is 0 Å². The van der Waals surface area contributed by atoms with Crippen molar-refractivity contribution >= 4 is 50.3 Å². The van der Waals surface area contributed by atoms with E-state index in [0.717, 1.165) is 41.6 Å². The number of thiazole rings is 1. The Hall–Kier alpha value is -2.72. The maximum atomic E-state index is 12.7. The molecule has 0 spiro atoms. The van der Waals surface area contributed by atoms with E-state index in [-0.39, 0.29) is 17.4 Å². The summed E-state index contributed by atoms with van der Waals surface area (Å²) in [5.74, 6) is -0.630. The Kier molecular flexibility index (Phi) is 6.38. The number of esters is 1. The summed E-state index contributed by atoms with van der Waals surface area (Å²) in [6, 6.07) is 5.09. The summed E-state index contributed by atoms with van der Waals surface area (Å²) in [5, 5.41) is 3.23. The van der Waals surface area contributed by atoms with E-state index in [9.17, 15) is 14.4 Å². The molecular weight excluding hydrogens is 436 g/mol. The number of fused-ring (bicyclic) bond motifs is 2. The van der Waals surface area contributed by atoms with Crippen LogP contribution in [-0.4, -0.2) is 38.7 Å². The van der Waals surface area contributed by atoms with Crippen LogP contribution in [0.4, 0.5) is 5.13 Å². The van der Waals surface area contributed by atoms with Crippen molar-refractivity contribution in [1.29, 1.82) is 0 Å². The molecule has 4 rings (SSSR count). The minimum absolute atomic E-state index is 0.108. The number of hydrogen-bond acceptors (Lipinski definition) is 8. The van der Waals surface area contributed by atoms with E-state index in [1.165, 1.54) is 23.1 Å². The van der Waals surface area contributed by atoms with Gasteiger partial charge in [-0.15, -0.1) is 0 Å². The minimum Gasteiger partial charge on any atom is -0.462 e. The first-order chi connectivity index (χ1) is 14.9. The minimum atomic E-state index is -0.480. The number of nitrogens with one attached hydrogen (secondary N) is 2. The van der Waals surface area contributed by atoms with Crippen LogP contribution in [0.15, 0.2) is 28.2 Å². The molecule has 162 valence electrons. The van der Waals surface area contributed by atoms with Gasteiger partial charge in [0.15, 0.2) is 10.3 Å². The molecule has 10 heteroatoms. The zero-order valence-electron chi connectivity index (χ0n) is 17.2. The van der Waals surface area contributed by atoms with E-state index in [1.807, 2.05) is 0 Å². The number of carbonyl (C=O) groups excluding carboxylic acids is 2. The highest BCUT2D eigenvalue weighted by Crippen LogP contribution is 2.28. The van der Waals surface area contributed by atoms with Crippen molar-refractivity contribution in [3.05, 3.63) is 45.4 Å². The molecule has 1 amide bonds. The number of aromatic nitrogens is 3. The molecule has 0 aliphatic heterocycles. The number of amides is 1. The lowest BCUT2D eigenvalue weighted by Crippen LogP contribution is -2.25. The maximum absolute atomic E-state index is 12.7. The van der Waals surface area contributed by atoms with E-state index in [0.29, 0.717) is 28.0 Å². The fourth-order valence-electron chi connectivity index (χ4n) is 3.38. The molecule has 0 fully saturated rings. The summed E-state index contributed by atoms with van der Waals surface area (Å²) < 4.78 is 5.80. The maximum Gasteiger partial charge on any atom is 0.338 e. The largest absolute Gasteiger partial charge is 0.462 e. The van der Waals surface area contributed by atoms with E-state index < -0.39 is 5.25 Å². The molecular formula is C21H22N4O4S2. The van der Waals surface area contributed by atoms with Crippen molar-refractivity contribution in [3.8, 4) is 0 Å². The Morgan fingerprint density at radius 2 is 2.10 bits per heavy atom. The van der Waals surface area contributed by atoms with Gasteiger partial charge in [0.1, 0.15) is 0 Å². The number of aromatic amines is 1. The number of carbonyl (C=O) groups is 2. The fraction of sp³-hybridized carbons (Fsp3) is 0.381. The molecule has 1 aliphatic carbocycles. The molecule has 0 radical (unpaired) electrons. The normalized spacial score (nSPS) is 14.1. The van der Waals surface area contributed by atoms with Crippen molar-refractivity contribution in [1.82, 2.24) is 15.0 Å². The number of anilines is 1. The van der Waals surface area contributed by atoms with Gasteiger partial charge >= 0.3 is 5.97 Å². The third kappa shape index (κ3) is 4.80. The monoisotopic (exact) mass is 458 g/mol. The highest BCUT2D eigenvalue weighted by molar-refractivity contribution is 8.00. The van der Waals surface area contributed by atoms with Crippen molar-refractivity contribution < 1.29 is 14.3 Å². The van der Waals surface area contributed by atoms with Crippen LogP contribution in [0.2, 0.25) is 0 Å². The second-order valence-electron chi connectivity index (χ2n) is 7.17. The number of rotatable bonds is 6. The highest BCUT2D eigenvalue weighted by atomic mass is 32.2. The van der Waals surface area contributed by atoms with Gasteiger partial charge in [0.05, 0.1) is 33.3 Å². The van der Waals surface area contributed by atoms with Crippen molar-refractivity contribution in [3.63, 3.8) is 0 Å². The summed E-state index contributed by atoms with van der Waals surface area (Å²) in [7, 11) is 0. The van der Waals surface area contributed by atoms with Gasteiger partial charge in [0.25, 0.3) is 5.56 Å². The van der Waals surface area contributed by atoms with Crippen molar-refractivity contribution in [2.75, 3.05) is 11.9 Å². The second-order valence-corrected chi connectivity index (χ2v) is 9.53. The van der Waals surface area contributed by atoms with Crippen LogP contribution in [0.5, 0.6) is 0 Å². The first-order valence-electron chi connectivity index (χ1n) is 10.1. The number of aryl methyl sites for hydroxylation is 1. The van der Waals surface area contributed by atoms with Gasteiger partial charge in [-0.1, -0.05) is 23.1 Å². The molecule has 0 bridgehead atoms. The Labute approximate surface area is 186 Å². The molecule has 0 saturated heterocycles. The molecule has 2 aromatic heterocycles. The number of hydrogen-bond donors (Lipinski definition) is 2. The van der Waals surface area contributed by atoms with Crippen molar-refractivity contribution in [2.45, 2.75) is 49.9 Å². The van der Waals surface area contributed by atoms with Crippen LogP contribution >= 0.6 is 23.1 Å². The number of benzene rings is 1. The third-order valence-corrected chi connectivity index (χ3v) is 6.87. The molecule has 2 heterocycles. The predicted octanol–water partition coefficient (Wildman–Crippen LogP) is 3.55. The summed E-state index contributed by atoms with van der Waals surface area (Å²) in [6.45, 7) is 3.82. The van der Waals surface area contributed by atoms with Gasteiger partial charge in [0.2, 0.25) is 5.91 Å². The van der Waals surface area contributed by atoms with Crippen LogP contribution in [0, 0.1) is 0 Å². The van der Waals surface area contributed by atoms with E-state index in [4.69, 9.17) is 4.74 Å². The average molecular weight is 459 g/mol. The topological polar surface area (TPSA) is 114 Å². The smallest absolute Gasteiger partial charge is 0.338 e. The lowest BCUT2D eigenvalue weighted by molar-refractivity contribution is -0.115.